The summed E-state index contributed by atoms with van der Waals surface area (Å²) < 4.78 is 26.6. The molecule has 4 atom stereocenters. The number of nitrogens with one attached hydrogen (secondary N) is 1. The van der Waals surface area contributed by atoms with Crippen molar-refractivity contribution in [2.75, 3.05) is 25.4 Å². The Morgan fingerprint density at radius 3 is 2.84 bits per heavy atom. The first-order valence-corrected chi connectivity index (χ1v) is 10.9. The Hall–Kier alpha value is -1.41. The van der Waals surface area contributed by atoms with Crippen molar-refractivity contribution in [3.8, 4) is 0 Å². The number of sulfone groups is 1. The van der Waals surface area contributed by atoms with E-state index in [9.17, 15) is 13.2 Å². The van der Waals surface area contributed by atoms with Crippen LogP contribution in [0.4, 0.5) is 0 Å². The number of hydrogen-bond donors (Lipinski definition) is 1. The van der Waals surface area contributed by atoms with E-state index in [0.29, 0.717) is 19.5 Å². The largest absolute Gasteiger partial charge is 0.337 e. The molecule has 2 aliphatic heterocycles. The molecule has 1 aromatic rings. The number of carbonyl (C=O) groups is 1. The van der Waals surface area contributed by atoms with Crippen LogP contribution in [-0.2, 0) is 21.7 Å². The van der Waals surface area contributed by atoms with Crippen LogP contribution in [0.5, 0.6) is 0 Å². The highest BCUT2D eigenvalue weighted by Crippen LogP contribution is 2.36. The zero-order valence-corrected chi connectivity index (χ0v) is 15.4. The van der Waals surface area contributed by atoms with Gasteiger partial charge in [0.15, 0.2) is 9.84 Å². The molecule has 3 aliphatic rings. The zero-order valence-electron chi connectivity index (χ0n) is 14.6. The molecular formula is C17H26N4O3S. The number of carbonyl (C=O) groups excluding carboxylic acids is 1. The van der Waals surface area contributed by atoms with E-state index in [-0.39, 0.29) is 34.8 Å². The zero-order chi connectivity index (χ0) is 17.6. The maximum absolute atomic E-state index is 13.3. The Balaban J connectivity index is 1.57. The van der Waals surface area contributed by atoms with Crippen molar-refractivity contribution in [1.29, 1.82) is 0 Å². The molecular weight excluding hydrogens is 340 g/mol. The van der Waals surface area contributed by atoms with Crippen LogP contribution in [0.2, 0.25) is 0 Å². The summed E-state index contributed by atoms with van der Waals surface area (Å²) in [4.78, 5) is 15.2. The Labute approximate surface area is 148 Å². The van der Waals surface area contributed by atoms with Gasteiger partial charge in [-0.25, -0.2) is 8.42 Å². The number of amides is 1. The van der Waals surface area contributed by atoms with Crippen molar-refractivity contribution in [3.63, 3.8) is 0 Å². The molecule has 3 heterocycles. The Morgan fingerprint density at radius 2 is 2.08 bits per heavy atom. The van der Waals surface area contributed by atoms with Gasteiger partial charge in [-0.05, 0) is 18.4 Å². The highest BCUT2D eigenvalue weighted by molar-refractivity contribution is 7.92. The molecule has 1 saturated carbocycles. The molecule has 4 rings (SSSR count). The second-order valence-electron chi connectivity index (χ2n) is 7.61. The molecule has 2 saturated heterocycles. The predicted octanol–water partition coefficient (Wildman–Crippen LogP) is 0.291. The third kappa shape index (κ3) is 2.99. The van der Waals surface area contributed by atoms with Gasteiger partial charge in [0.2, 0.25) is 5.91 Å². The number of fused-ring (bicyclic) bond motifs is 1. The van der Waals surface area contributed by atoms with Gasteiger partial charge in [-0.3, -0.25) is 9.48 Å². The molecule has 138 valence electrons. The lowest BCUT2D eigenvalue weighted by molar-refractivity contribution is -0.138. The summed E-state index contributed by atoms with van der Waals surface area (Å²) in [5.41, 5.74) is 1.08. The van der Waals surface area contributed by atoms with Crippen molar-refractivity contribution >= 4 is 15.7 Å². The summed E-state index contributed by atoms with van der Waals surface area (Å²) >= 11 is 0. The van der Waals surface area contributed by atoms with Crippen molar-refractivity contribution in [1.82, 2.24) is 20.0 Å². The first-order valence-electron chi connectivity index (χ1n) is 9.18. The smallest absolute Gasteiger partial charge is 0.227 e. The second kappa shape index (κ2) is 6.39. The molecule has 7 nitrogen and oxygen atoms in total. The highest BCUT2D eigenvalue weighted by atomic mass is 32.2. The molecule has 1 N–H and O–H groups in total. The number of rotatable bonds is 2. The van der Waals surface area contributed by atoms with E-state index in [1.807, 2.05) is 24.3 Å². The molecule has 0 bridgehead atoms. The Bertz CT molecular complexity index is 760. The van der Waals surface area contributed by atoms with Gasteiger partial charge in [-0.1, -0.05) is 12.8 Å². The van der Waals surface area contributed by atoms with Gasteiger partial charge in [0.1, 0.15) is 0 Å². The van der Waals surface area contributed by atoms with Crippen LogP contribution in [0.15, 0.2) is 12.4 Å². The van der Waals surface area contributed by atoms with Gasteiger partial charge in [0.05, 0.1) is 23.1 Å². The molecule has 2 unspecified atom stereocenters. The minimum atomic E-state index is -3.06. The van der Waals surface area contributed by atoms with E-state index in [1.54, 1.807) is 4.68 Å². The average Bonchev–Trinajstić information content (AvgIpc) is 3.23. The third-order valence-electron chi connectivity index (χ3n) is 6.11. The fourth-order valence-electron chi connectivity index (χ4n) is 4.80. The van der Waals surface area contributed by atoms with Crippen LogP contribution in [0.3, 0.4) is 0 Å². The minimum Gasteiger partial charge on any atom is -0.337 e. The summed E-state index contributed by atoms with van der Waals surface area (Å²) in [5.74, 6) is 0.206. The van der Waals surface area contributed by atoms with Crippen molar-refractivity contribution in [3.05, 3.63) is 18.0 Å². The Kier molecular flexibility index (Phi) is 4.35. The maximum atomic E-state index is 13.3. The van der Waals surface area contributed by atoms with Crippen LogP contribution in [0.1, 0.15) is 37.2 Å². The van der Waals surface area contributed by atoms with Crippen molar-refractivity contribution in [2.45, 2.75) is 42.9 Å². The first kappa shape index (κ1) is 17.0. The third-order valence-corrected chi connectivity index (χ3v) is 8.34. The fourth-order valence-corrected chi connectivity index (χ4v) is 6.84. The fraction of sp³-hybridized carbons (Fsp3) is 0.765. The van der Waals surface area contributed by atoms with E-state index in [0.717, 1.165) is 31.4 Å². The van der Waals surface area contributed by atoms with Crippen LogP contribution < -0.4 is 5.32 Å². The maximum Gasteiger partial charge on any atom is 0.227 e. The lowest BCUT2D eigenvalue weighted by Crippen LogP contribution is -2.59. The molecule has 0 aromatic carbocycles. The standard InChI is InChI=1S/C17H26N4O3S/c1-20-11-12(8-19-20)13-9-18-10-14(13)17(22)21-6-7-25(23,24)16-5-3-2-4-15(16)21/h8,11,13-16,18H,2-7,9-10H2,1H3/t13-,14+,15?,16?/m1/s1. The van der Waals surface area contributed by atoms with E-state index >= 15 is 0 Å². The summed E-state index contributed by atoms with van der Waals surface area (Å²) in [6.45, 7) is 1.76. The van der Waals surface area contributed by atoms with Crippen LogP contribution in [0.25, 0.3) is 0 Å². The average molecular weight is 366 g/mol. The van der Waals surface area contributed by atoms with Crippen LogP contribution in [-0.4, -0.2) is 65.7 Å². The summed E-state index contributed by atoms with van der Waals surface area (Å²) in [5, 5.41) is 7.22. The molecule has 3 fully saturated rings. The quantitative estimate of drug-likeness (QED) is 0.813. The molecule has 1 aromatic heterocycles. The summed E-state index contributed by atoms with van der Waals surface area (Å²) in [6.07, 6.45) is 7.28. The summed E-state index contributed by atoms with van der Waals surface area (Å²) in [7, 11) is -1.18. The number of hydrogen-bond acceptors (Lipinski definition) is 5. The molecule has 0 spiro atoms. The number of aryl methyl sites for hydroxylation is 1. The molecule has 0 radical (unpaired) electrons. The monoisotopic (exact) mass is 366 g/mol. The van der Waals surface area contributed by atoms with Gasteiger partial charge < -0.3 is 10.2 Å². The Morgan fingerprint density at radius 1 is 1.28 bits per heavy atom. The van der Waals surface area contributed by atoms with Gasteiger partial charge in [-0.2, -0.15) is 5.10 Å². The summed E-state index contributed by atoms with van der Waals surface area (Å²) in [6, 6.07) is -0.129. The van der Waals surface area contributed by atoms with E-state index in [1.165, 1.54) is 0 Å². The minimum absolute atomic E-state index is 0.109. The number of nitrogens with zero attached hydrogens (tertiary/aromatic N) is 3. The lowest BCUT2D eigenvalue weighted by Gasteiger charge is -2.44. The van der Waals surface area contributed by atoms with E-state index in [4.69, 9.17) is 0 Å². The SMILES string of the molecule is Cn1cc([C@H]2CNC[C@@H]2C(=O)N2CCS(=O)(=O)C3CCCCC32)cn1. The van der Waals surface area contributed by atoms with Gasteiger partial charge in [-0.15, -0.1) is 0 Å². The first-order chi connectivity index (χ1) is 12.0. The van der Waals surface area contributed by atoms with Crippen LogP contribution >= 0.6 is 0 Å². The normalized spacial score (nSPS) is 34.7. The highest BCUT2D eigenvalue weighted by Gasteiger charge is 2.47. The lowest BCUT2D eigenvalue weighted by atomic mass is 9.87. The van der Waals surface area contributed by atoms with E-state index < -0.39 is 9.84 Å². The number of aromatic nitrogens is 2. The van der Waals surface area contributed by atoms with Gasteiger partial charge >= 0.3 is 0 Å². The van der Waals surface area contributed by atoms with Crippen molar-refractivity contribution < 1.29 is 13.2 Å². The van der Waals surface area contributed by atoms with Crippen LogP contribution in [0, 0.1) is 5.92 Å². The molecule has 1 amide bonds. The van der Waals surface area contributed by atoms with Gasteiger partial charge in [0, 0.05) is 44.8 Å². The van der Waals surface area contributed by atoms with E-state index in [2.05, 4.69) is 10.4 Å². The van der Waals surface area contributed by atoms with Crippen molar-refractivity contribution in [2.24, 2.45) is 13.0 Å². The molecule has 8 heteroatoms. The molecule has 25 heavy (non-hydrogen) atoms. The van der Waals surface area contributed by atoms with Gasteiger partial charge in [0.25, 0.3) is 0 Å². The second-order valence-corrected chi connectivity index (χ2v) is 9.95. The molecule has 1 aliphatic carbocycles. The predicted molar refractivity (Wildman–Crippen MR) is 93.9 cm³/mol. The topological polar surface area (TPSA) is 84.3 Å².